The molecule has 0 bridgehead atoms. The van der Waals surface area contributed by atoms with Gasteiger partial charge in [0.2, 0.25) is 5.91 Å². The van der Waals surface area contributed by atoms with E-state index in [0.29, 0.717) is 28.8 Å². The van der Waals surface area contributed by atoms with Gasteiger partial charge in [-0.15, -0.1) is 16.8 Å². The molecule has 9 heteroatoms. The molecule has 0 fully saturated rings. The molecular weight excluding hydrogens is 474 g/mol. The second kappa shape index (κ2) is 12.9. The predicted molar refractivity (Wildman–Crippen MR) is 143 cm³/mol. The number of ether oxygens (including phenoxy) is 1. The highest BCUT2D eigenvalue weighted by Crippen LogP contribution is 2.26. The summed E-state index contributed by atoms with van der Waals surface area (Å²) in [7, 11) is 1.58. The lowest BCUT2D eigenvalue weighted by Crippen LogP contribution is -2.33. The van der Waals surface area contributed by atoms with Crippen LogP contribution in [0.15, 0.2) is 66.3 Å². The summed E-state index contributed by atoms with van der Waals surface area (Å²) < 4.78 is 7.07. The number of carbonyl (C=O) groups excluding carboxylic acids is 2. The van der Waals surface area contributed by atoms with E-state index in [1.54, 1.807) is 37.5 Å². The normalized spacial score (nSPS) is 11.7. The summed E-state index contributed by atoms with van der Waals surface area (Å²) in [5, 5.41) is 15.4. The summed E-state index contributed by atoms with van der Waals surface area (Å²) in [4.78, 5) is 25.6. The van der Waals surface area contributed by atoms with Crippen LogP contribution in [0, 0.1) is 5.92 Å². The lowest BCUT2D eigenvalue weighted by atomic mass is 10.0. The molecule has 2 amide bonds. The summed E-state index contributed by atoms with van der Waals surface area (Å²) in [5.41, 5.74) is 2.43. The third-order valence-corrected chi connectivity index (χ3v) is 6.61. The van der Waals surface area contributed by atoms with Gasteiger partial charge in [-0.1, -0.05) is 56.8 Å². The van der Waals surface area contributed by atoms with E-state index < -0.39 is 0 Å². The van der Waals surface area contributed by atoms with E-state index in [1.165, 1.54) is 11.8 Å². The SMILES string of the molecule is C=CCn1c(SCC(=O)Nc2ccccc2CC)nnc1[C@H](NC(=O)c1ccc(OC)cc1)C(C)C. The van der Waals surface area contributed by atoms with Gasteiger partial charge in [-0.25, -0.2) is 0 Å². The van der Waals surface area contributed by atoms with Crippen molar-refractivity contribution in [3.05, 3.63) is 78.1 Å². The number of aryl methyl sites for hydroxylation is 1. The molecule has 0 saturated carbocycles. The summed E-state index contributed by atoms with van der Waals surface area (Å²) in [6.45, 7) is 10.4. The van der Waals surface area contributed by atoms with Gasteiger partial charge in [0.25, 0.3) is 5.91 Å². The first-order chi connectivity index (χ1) is 17.4. The average Bonchev–Trinajstić information content (AvgIpc) is 3.28. The third-order valence-electron chi connectivity index (χ3n) is 5.65. The number of amides is 2. The van der Waals surface area contributed by atoms with E-state index >= 15 is 0 Å². The molecule has 36 heavy (non-hydrogen) atoms. The molecule has 1 aromatic heterocycles. The first-order valence-electron chi connectivity index (χ1n) is 11.9. The van der Waals surface area contributed by atoms with Crippen LogP contribution in [-0.4, -0.2) is 39.4 Å². The highest BCUT2D eigenvalue weighted by Gasteiger charge is 2.26. The number of nitrogens with zero attached hydrogens (tertiary/aromatic N) is 3. The zero-order chi connectivity index (χ0) is 26.1. The smallest absolute Gasteiger partial charge is 0.251 e. The second-order valence-electron chi connectivity index (χ2n) is 8.51. The molecule has 8 nitrogen and oxygen atoms in total. The van der Waals surface area contributed by atoms with Gasteiger partial charge < -0.3 is 19.9 Å². The summed E-state index contributed by atoms with van der Waals surface area (Å²) in [6, 6.07) is 14.3. The van der Waals surface area contributed by atoms with E-state index in [2.05, 4.69) is 34.3 Å². The van der Waals surface area contributed by atoms with Gasteiger partial charge >= 0.3 is 0 Å². The van der Waals surface area contributed by atoms with Crippen molar-refractivity contribution in [1.82, 2.24) is 20.1 Å². The number of para-hydroxylation sites is 1. The van der Waals surface area contributed by atoms with Gasteiger partial charge in [-0.05, 0) is 48.2 Å². The minimum Gasteiger partial charge on any atom is -0.497 e. The fraction of sp³-hybridized carbons (Fsp3) is 0.333. The fourth-order valence-electron chi connectivity index (χ4n) is 3.70. The van der Waals surface area contributed by atoms with Gasteiger partial charge in [0.15, 0.2) is 11.0 Å². The van der Waals surface area contributed by atoms with E-state index in [-0.39, 0.29) is 29.5 Å². The van der Waals surface area contributed by atoms with Crippen LogP contribution < -0.4 is 15.4 Å². The Morgan fingerprint density at radius 1 is 1.14 bits per heavy atom. The Balaban J connectivity index is 1.75. The number of allylic oxidation sites excluding steroid dienone is 1. The van der Waals surface area contributed by atoms with Crippen LogP contribution in [0.1, 0.15) is 48.6 Å². The zero-order valence-electron chi connectivity index (χ0n) is 21.2. The molecule has 190 valence electrons. The number of nitrogens with one attached hydrogen (secondary N) is 2. The third kappa shape index (κ3) is 6.75. The van der Waals surface area contributed by atoms with Crippen LogP contribution in [0.4, 0.5) is 5.69 Å². The molecular formula is C27H33N5O3S. The van der Waals surface area contributed by atoms with Crippen LogP contribution >= 0.6 is 11.8 Å². The van der Waals surface area contributed by atoms with Crippen LogP contribution in [0.25, 0.3) is 0 Å². The number of rotatable bonds is 12. The maximum atomic E-state index is 13.0. The highest BCUT2D eigenvalue weighted by atomic mass is 32.2. The van der Waals surface area contributed by atoms with E-state index in [4.69, 9.17) is 4.74 Å². The Morgan fingerprint density at radius 3 is 2.50 bits per heavy atom. The van der Waals surface area contributed by atoms with Crippen molar-refractivity contribution in [2.24, 2.45) is 5.92 Å². The van der Waals surface area contributed by atoms with Crippen molar-refractivity contribution < 1.29 is 14.3 Å². The number of carbonyl (C=O) groups is 2. The lowest BCUT2D eigenvalue weighted by Gasteiger charge is -2.22. The molecule has 0 radical (unpaired) electrons. The molecule has 0 unspecified atom stereocenters. The second-order valence-corrected chi connectivity index (χ2v) is 9.45. The molecule has 1 heterocycles. The molecule has 3 rings (SSSR count). The topological polar surface area (TPSA) is 98.1 Å². The zero-order valence-corrected chi connectivity index (χ0v) is 22.0. The molecule has 1 atom stereocenters. The Kier molecular flexibility index (Phi) is 9.69. The largest absolute Gasteiger partial charge is 0.497 e. The van der Waals surface area contributed by atoms with Gasteiger partial charge in [-0.2, -0.15) is 0 Å². The first kappa shape index (κ1) is 27.0. The Morgan fingerprint density at radius 2 is 1.86 bits per heavy atom. The molecule has 2 aromatic carbocycles. The Bertz CT molecular complexity index is 1190. The fourth-order valence-corrected chi connectivity index (χ4v) is 4.46. The van der Waals surface area contributed by atoms with Crippen molar-refractivity contribution in [2.75, 3.05) is 18.2 Å². The van der Waals surface area contributed by atoms with Gasteiger partial charge in [0, 0.05) is 17.8 Å². The van der Waals surface area contributed by atoms with Crippen LogP contribution in [-0.2, 0) is 17.8 Å². The number of hydrogen-bond acceptors (Lipinski definition) is 6. The van der Waals surface area contributed by atoms with Crippen LogP contribution in [0.5, 0.6) is 5.75 Å². The Labute approximate surface area is 216 Å². The van der Waals surface area contributed by atoms with Crippen molar-refractivity contribution >= 4 is 29.3 Å². The maximum absolute atomic E-state index is 13.0. The molecule has 0 aliphatic heterocycles. The lowest BCUT2D eigenvalue weighted by molar-refractivity contribution is -0.113. The monoisotopic (exact) mass is 507 g/mol. The van der Waals surface area contributed by atoms with Crippen molar-refractivity contribution in [2.45, 2.75) is 44.9 Å². The summed E-state index contributed by atoms with van der Waals surface area (Å²) in [6.07, 6.45) is 2.58. The standard InChI is InChI=1S/C27H33N5O3S/c1-6-16-32-25(24(18(3)4)29-26(34)20-12-14-21(35-5)15-13-20)30-31-27(32)36-17-23(33)28-22-11-9-8-10-19(22)7-2/h6,8-15,18,24H,1,7,16-17H2,2-5H3,(H,28,33)(H,29,34)/t24-/m1/s1. The van der Waals surface area contributed by atoms with E-state index in [0.717, 1.165) is 17.7 Å². The van der Waals surface area contributed by atoms with E-state index in [9.17, 15) is 9.59 Å². The predicted octanol–water partition coefficient (Wildman–Crippen LogP) is 4.89. The van der Waals surface area contributed by atoms with Crippen molar-refractivity contribution in [1.29, 1.82) is 0 Å². The quantitative estimate of drug-likeness (QED) is 0.267. The summed E-state index contributed by atoms with van der Waals surface area (Å²) in [5.74, 6) is 1.19. The molecule has 0 saturated heterocycles. The number of methoxy groups -OCH3 is 1. The highest BCUT2D eigenvalue weighted by molar-refractivity contribution is 7.99. The Hall–Kier alpha value is -3.59. The first-order valence-corrected chi connectivity index (χ1v) is 12.9. The molecule has 2 N–H and O–H groups in total. The number of hydrogen-bond donors (Lipinski definition) is 2. The molecule has 0 aliphatic carbocycles. The molecule has 0 spiro atoms. The average molecular weight is 508 g/mol. The van der Waals surface area contributed by atoms with Crippen LogP contribution in [0.3, 0.4) is 0 Å². The molecule has 0 aliphatic rings. The van der Waals surface area contributed by atoms with Gasteiger partial charge in [-0.3, -0.25) is 9.59 Å². The van der Waals surface area contributed by atoms with Crippen molar-refractivity contribution in [3.8, 4) is 5.75 Å². The van der Waals surface area contributed by atoms with Gasteiger partial charge in [0.1, 0.15) is 5.75 Å². The van der Waals surface area contributed by atoms with E-state index in [1.807, 2.05) is 42.7 Å². The number of benzene rings is 2. The van der Waals surface area contributed by atoms with Crippen molar-refractivity contribution in [3.63, 3.8) is 0 Å². The maximum Gasteiger partial charge on any atom is 0.251 e. The molecule has 3 aromatic rings. The number of anilines is 1. The summed E-state index contributed by atoms with van der Waals surface area (Å²) >= 11 is 1.30. The van der Waals surface area contributed by atoms with Gasteiger partial charge in [0.05, 0.1) is 18.9 Å². The minimum absolute atomic E-state index is 0.0478. The number of thioether (sulfide) groups is 1. The van der Waals surface area contributed by atoms with Crippen LogP contribution in [0.2, 0.25) is 0 Å². The number of aromatic nitrogens is 3. The minimum atomic E-state index is -0.383.